The molecule has 0 aliphatic rings. The molecule has 0 unspecified atom stereocenters. The van der Waals surface area contributed by atoms with E-state index in [1.807, 2.05) is 0 Å². The molecule has 1 amide bonds. The Balaban J connectivity index is 2.67. The lowest BCUT2D eigenvalue weighted by Crippen LogP contribution is -2.40. The molecule has 0 bridgehead atoms. The van der Waals surface area contributed by atoms with Crippen LogP contribution in [0.5, 0.6) is 5.75 Å². The molecule has 23 heavy (non-hydrogen) atoms. The van der Waals surface area contributed by atoms with Crippen LogP contribution in [0, 0.1) is 0 Å². The van der Waals surface area contributed by atoms with Crippen LogP contribution in [0.4, 0.5) is 13.2 Å². The highest BCUT2D eigenvalue weighted by Crippen LogP contribution is 2.28. The number of aliphatic carboxylic acids is 1. The molecule has 1 aromatic rings. The lowest BCUT2D eigenvalue weighted by molar-refractivity contribution is -0.274. The van der Waals surface area contributed by atoms with Crippen LogP contribution < -0.4 is 10.1 Å². The van der Waals surface area contributed by atoms with Crippen molar-refractivity contribution in [1.29, 1.82) is 0 Å². The summed E-state index contributed by atoms with van der Waals surface area (Å²) in [5, 5.41) is 11.1. The maximum atomic E-state index is 12.2. The molecule has 1 aromatic carbocycles. The molecule has 5 nitrogen and oxygen atoms in total. The number of carbonyl (C=O) groups is 2. The molecule has 0 spiro atoms. The Morgan fingerprint density at radius 2 is 1.74 bits per heavy atom. The van der Waals surface area contributed by atoms with Crippen LogP contribution in [0.15, 0.2) is 24.3 Å². The number of rotatable bonds is 7. The van der Waals surface area contributed by atoms with Crippen molar-refractivity contribution in [2.75, 3.05) is 6.54 Å². The van der Waals surface area contributed by atoms with E-state index in [1.54, 1.807) is 13.8 Å². The number of amides is 1. The minimum absolute atomic E-state index is 0.0514. The Morgan fingerprint density at radius 3 is 2.22 bits per heavy atom. The Labute approximate surface area is 131 Å². The van der Waals surface area contributed by atoms with E-state index in [-0.39, 0.29) is 24.6 Å². The van der Waals surface area contributed by atoms with Gasteiger partial charge in [-0.15, -0.1) is 13.2 Å². The van der Waals surface area contributed by atoms with Crippen molar-refractivity contribution in [2.24, 2.45) is 0 Å². The summed E-state index contributed by atoms with van der Waals surface area (Å²) in [6.07, 6.45) is -4.52. The van der Waals surface area contributed by atoms with Crippen LogP contribution in [0.2, 0.25) is 0 Å². The van der Waals surface area contributed by atoms with E-state index in [1.165, 1.54) is 12.1 Å². The number of carboxylic acid groups (broad SMARTS) is 1. The quantitative estimate of drug-likeness (QED) is 0.753. The van der Waals surface area contributed by atoms with E-state index in [9.17, 15) is 22.8 Å². The van der Waals surface area contributed by atoms with E-state index in [0.29, 0.717) is 12.0 Å². The zero-order chi connectivity index (χ0) is 17.7. The second kappa shape index (κ2) is 7.34. The van der Waals surface area contributed by atoms with Gasteiger partial charge in [0.05, 0.1) is 5.41 Å². The molecular formula is C15H18F3NO4. The van der Waals surface area contributed by atoms with E-state index in [0.717, 1.165) is 12.1 Å². The number of nitrogens with one attached hydrogen (secondary N) is 1. The van der Waals surface area contributed by atoms with Gasteiger partial charge < -0.3 is 15.2 Å². The van der Waals surface area contributed by atoms with Crippen molar-refractivity contribution < 1.29 is 32.6 Å². The van der Waals surface area contributed by atoms with E-state index >= 15 is 0 Å². The Kier molecular flexibility index (Phi) is 6.00. The highest BCUT2D eigenvalue weighted by molar-refractivity contribution is 5.87. The number of hydrogen-bond donors (Lipinski definition) is 2. The zero-order valence-electron chi connectivity index (χ0n) is 12.7. The highest BCUT2D eigenvalue weighted by atomic mass is 19.4. The summed E-state index contributed by atoms with van der Waals surface area (Å²) < 4.78 is 40.1. The van der Waals surface area contributed by atoms with Gasteiger partial charge >= 0.3 is 12.3 Å². The topological polar surface area (TPSA) is 75.6 Å². The summed E-state index contributed by atoms with van der Waals surface area (Å²) in [6.45, 7) is 3.46. The summed E-state index contributed by atoms with van der Waals surface area (Å²) in [7, 11) is 0. The van der Waals surface area contributed by atoms with Crippen molar-refractivity contribution in [3.8, 4) is 5.75 Å². The first-order valence-corrected chi connectivity index (χ1v) is 6.89. The number of carbonyl (C=O) groups excluding carboxylic acids is 1. The van der Waals surface area contributed by atoms with Crippen molar-refractivity contribution in [2.45, 2.75) is 38.5 Å². The van der Waals surface area contributed by atoms with Crippen molar-refractivity contribution in [1.82, 2.24) is 5.32 Å². The first-order valence-electron chi connectivity index (χ1n) is 6.89. The van der Waals surface area contributed by atoms with Crippen molar-refractivity contribution in [3.63, 3.8) is 0 Å². The number of hydrogen-bond acceptors (Lipinski definition) is 3. The molecule has 0 aliphatic carbocycles. The number of alkyl halides is 3. The third-order valence-corrected chi connectivity index (χ3v) is 3.23. The molecule has 0 saturated heterocycles. The van der Waals surface area contributed by atoms with Crippen LogP contribution in [-0.4, -0.2) is 29.9 Å². The summed E-state index contributed by atoms with van der Waals surface area (Å²) in [5.74, 6) is -1.65. The fourth-order valence-corrected chi connectivity index (χ4v) is 1.87. The van der Waals surface area contributed by atoms with Crippen LogP contribution in [0.25, 0.3) is 0 Å². The molecule has 0 heterocycles. The summed E-state index contributed by atoms with van der Waals surface area (Å²) >= 11 is 0. The fourth-order valence-electron chi connectivity index (χ4n) is 1.87. The molecule has 8 heteroatoms. The largest absolute Gasteiger partial charge is 0.573 e. The van der Waals surface area contributed by atoms with Gasteiger partial charge in [0.15, 0.2) is 0 Å². The molecule has 1 rings (SSSR count). The van der Waals surface area contributed by atoms with Gasteiger partial charge in [0, 0.05) is 13.0 Å². The lowest BCUT2D eigenvalue weighted by atomic mass is 9.83. The van der Waals surface area contributed by atoms with E-state index < -0.39 is 17.7 Å². The second-order valence-corrected chi connectivity index (χ2v) is 5.45. The monoisotopic (exact) mass is 333 g/mol. The number of halogens is 3. The van der Waals surface area contributed by atoms with Crippen LogP contribution in [0.3, 0.4) is 0 Å². The summed E-state index contributed by atoms with van der Waals surface area (Å²) in [6, 6.07) is 5.06. The maximum absolute atomic E-state index is 12.2. The normalized spacial score (nSPS) is 11.9. The average molecular weight is 333 g/mol. The maximum Gasteiger partial charge on any atom is 0.573 e. The fraction of sp³-hybridized carbons (Fsp3) is 0.467. The lowest BCUT2D eigenvalue weighted by Gasteiger charge is -2.24. The first kappa shape index (κ1) is 18.8. The van der Waals surface area contributed by atoms with Gasteiger partial charge in [-0.25, -0.2) is 0 Å². The van der Waals surface area contributed by atoms with Gasteiger partial charge in [-0.1, -0.05) is 12.1 Å². The predicted molar refractivity (Wildman–Crippen MR) is 76.0 cm³/mol. The summed E-state index contributed by atoms with van der Waals surface area (Å²) in [5.41, 5.74) is -0.456. The Bertz CT molecular complexity index is 553. The Morgan fingerprint density at radius 1 is 1.17 bits per heavy atom. The first-order chi connectivity index (χ1) is 10.5. The number of carboxylic acids is 1. The third-order valence-electron chi connectivity index (χ3n) is 3.23. The van der Waals surface area contributed by atoms with Gasteiger partial charge in [-0.05, 0) is 38.0 Å². The molecule has 0 radical (unpaired) electrons. The molecular weight excluding hydrogens is 315 g/mol. The molecule has 0 atom stereocenters. The van der Waals surface area contributed by atoms with E-state index in [4.69, 9.17) is 5.11 Å². The molecule has 0 fully saturated rings. The van der Waals surface area contributed by atoms with Gasteiger partial charge in [0.1, 0.15) is 5.75 Å². The predicted octanol–water partition coefficient (Wildman–Crippen LogP) is 2.84. The Hall–Kier alpha value is -2.25. The minimum atomic E-state index is -4.77. The van der Waals surface area contributed by atoms with Crippen LogP contribution in [-0.2, 0) is 15.0 Å². The molecule has 0 saturated carbocycles. The van der Waals surface area contributed by atoms with E-state index in [2.05, 4.69) is 10.1 Å². The third kappa shape index (κ3) is 6.17. The molecule has 2 N–H and O–H groups in total. The number of ether oxygens (including phenoxy) is 1. The zero-order valence-corrected chi connectivity index (χ0v) is 12.7. The van der Waals surface area contributed by atoms with Crippen molar-refractivity contribution >= 4 is 11.9 Å². The van der Waals surface area contributed by atoms with Gasteiger partial charge in [0.25, 0.3) is 0 Å². The second-order valence-electron chi connectivity index (χ2n) is 5.45. The van der Waals surface area contributed by atoms with Gasteiger partial charge in [-0.2, -0.15) is 0 Å². The van der Waals surface area contributed by atoms with Gasteiger partial charge in [0.2, 0.25) is 5.91 Å². The standard InChI is InChI=1S/C15H18F3NO4/c1-14(2,13(22)19-9-3-4-12(20)21)10-5-7-11(8-6-10)23-15(16,17)18/h5-8H,3-4,9H2,1-2H3,(H,19,22)(H,20,21). The van der Waals surface area contributed by atoms with Crippen LogP contribution in [0.1, 0.15) is 32.3 Å². The highest BCUT2D eigenvalue weighted by Gasteiger charge is 2.32. The van der Waals surface area contributed by atoms with Crippen molar-refractivity contribution in [3.05, 3.63) is 29.8 Å². The minimum Gasteiger partial charge on any atom is -0.481 e. The SMILES string of the molecule is CC(C)(C(=O)NCCCC(=O)O)c1ccc(OC(F)(F)F)cc1. The van der Waals surface area contributed by atoms with Gasteiger partial charge in [-0.3, -0.25) is 9.59 Å². The van der Waals surface area contributed by atoms with Crippen LogP contribution >= 0.6 is 0 Å². The smallest absolute Gasteiger partial charge is 0.481 e. The molecule has 128 valence electrons. The number of benzene rings is 1. The molecule has 0 aromatic heterocycles. The molecule has 0 aliphatic heterocycles. The summed E-state index contributed by atoms with van der Waals surface area (Å²) in [4.78, 5) is 22.5. The average Bonchev–Trinajstić information content (AvgIpc) is 2.42.